The van der Waals surface area contributed by atoms with Gasteiger partial charge in [-0.2, -0.15) is 0 Å². The number of benzene rings is 3. The first kappa shape index (κ1) is 32.8. The van der Waals surface area contributed by atoms with Gasteiger partial charge in [-0.05, 0) is 20.8 Å². The first-order valence-electron chi connectivity index (χ1n) is 11.0. The summed E-state index contributed by atoms with van der Waals surface area (Å²) in [6.07, 6.45) is 3.61. The van der Waals surface area contributed by atoms with E-state index >= 15 is 0 Å². The molecular formula is C30H30FeO6+3. The van der Waals surface area contributed by atoms with Crippen LogP contribution in [0.4, 0.5) is 0 Å². The van der Waals surface area contributed by atoms with E-state index in [9.17, 15) is 29.7 Å². The van der Waals surface area contributed by atoms with Gasteiger partial charge >= 0.3 is 17.1 Å². The van der Waals surface area contributed by atoms with Gasteiger partial charge in [-0.3, -0.25) is 14.4 Å². The van der Waals surface area contributed by atoms with Crippen LogP contribution < -0.4 is 0 Å². The number of ketones is 3. The summed E-state index contributed by atoms with van der Waals surface area (Å²) in [6.45, 7) is 4.21. The van der Waals surface area contributed by atoms with Crippen LogP contribution in [0.2, 0.25) is 0 Å². The van der Waals surface area contributed by atoms with E-state index in [1.165, 1.54) is 39.0 Å². The van der Waals surface area contributed by atoms with Gasteiger partial charge in [0.15, 0.2) is 17.3 Å². The number of carbonyl (C=O) groups excluding carboxylic acids is 3. The van der Waals surface area contributed by atoms with Crippen molar-refractivity contribution < 1.29 is 46.8 Å². The largest absolute Gasteiger partial charge is 3.00 e. The quantitative estimate of drug-likeness (QED) is 0.186. The Bertz CT molecular complexity index is 1060. The zero-order chi connectivity index (χ0) is 26.9. The van der Waals surface area contributed by atoms with Crippen molar-refractivity contribution >= 4 is 34.6 Å². The normalized spacial score (nSPS) is 10.9. The number of aliphatic hydroxyl groups is 3. The fourth-order valence-electron chi connectivity index (χ4n) is 2.65. The van der Waals surface area contributed by atoms with Crippen LogP contribution in [-0.4, -0.2) is 32.7 Å². The predicted molar refractivity (Wildman–Crippen MR) is 143 cm³/mol. The van der Waals surface area contributed by atoms with E-state index in [1.807, 2.05) is 18.2 Å². The summed E-state index contributed by atoms with van der Waals surface area (Å²) < 4.78 is 0. The monoisotopic (exact) mass is 542 g/mol. The molecule has 0 bridgehead atoms. The summed E-state index contributed by atoms with van der Waals surface area (Å²) in [7, 11) is 0. The first-order valence-corrected chi connectivity index (χ1v) is 11.0. The number of rotatable bonds is 6. The molecule has 0 heterocycles. The van der Waals surface area contributed by atoms with Gasteiger partial charge in [-0.1, -0.05) is 91.0 Å². The van der Waals surface area contributed by atoms with Gasteiger partial charge < -0.3 is 15.3 Å². The fraction of sp³-hybridized carbons (Fsp3) is 0.100. The molecule has 0 spiro atoms. The number of allylic oxidation sites excluding steroid dienone is 3. The van der Waals surface area contributed by atoms with Crippen LogP contribution in [0.15, 0.2) is 109 Å². The summed E-state index contributed by atoms with van der Waals surface area (Å²) >= 11 is 0. The molecule has 0 aliphatic rings. The second kappa shape index (κ2) is 18.1. The Balaban J connectivity index is 0.000000518. The first-order chi connectivity index (χ1) is 17.1. The third-order valence-corrected chi connectivity index (χ3v) is 4.23. The molecule has 0 aliphatic heterocycles. The van der Waals surface area contributed by atoms with Crippen LogP contribution >= 0.6 is 0 Å². The molecule has 7 heteroatoms. The molecule has 191 valence electrons. The van der Waals surface area contributed by atoms with Crippen molar-refractivity contribution in [2.24, 2.45) is 0 Å². The summed E-state index contributed by atoms with van der Waals surface area (Å²) in [4.78, 5) is 31.8. The Hall–Kier alpha value is -4.19. The van der Waals surface area contributed by atoms with E-state index in [2.05, 4.69) is 0 Å². The van der Waals surface area contributed by atoms with Crippen molar-refractivity contribution in [2.45, 2.75) is 20.8 Å². The third-order valence-electron chi connectivity index (χ3n) is 4.23. The molecule has 0 aliphatic carbocycles. The second-order valence-electron chi connectivity index (χ2n) is 7.52. The maximum atomic E-state index is 10.6. The molecule has 37 heavy (non-hydrogen) atoms. The van der Waals surface area contributed by atoms with Gasteiger partial charge in [-0.25, -0.2) is 0 Å². The smallest absolute Gasteiger partial charge is 0.507 e. The molecule has 0 amide bonds. The van der Waals surface area contributed by atoms with Crippen molar-refractivity contribution in [3.05, 3.63) is 126 Å². The minimum absolute atomic E-state index is 0. The van der Waals surface area contributed by atoms with Crippen molar-refractivity contribution in [2.75, 3.05) is 0 Å². The standard InChI is InChI=1S/3C10H10O2.Fe/c3*1-8(11)7-10(12)9-5-3-2-4-6-9;/h3*2-7,12H,1H3;/q;;;+3. The topological polar surface area (TPSA) is 112 Å². The van der Waals surface area contributed by atoms with Crippen LogP contribution in [0, 0.1) is 0 Å². The van der Waals surface area contributed by atoms with Crippen molar-refractivity contribution in [3.8, 4) is 0 Å². The van der Waals surface area contributed by atoms with Crippen molar-refractivity contribution in [1.29, 1.82) is 0 Å². The maximum absolute atomic E-state index is 10.6. The number of aliphatic hydroxyl groups excluding tert-OH is 3. The predicted octanol–water partition coefficient (Wildman–Crippen LogP) is 6.52. The molecule has 0 atom stereocenters. The summed E-state index contributed by atoms with van der Waals surface area (Å²) in [5.41, 5.74) is 1.98. The summed E-state index contributed by atoms with van der Waals surface area (Å²) in [5, 5.41) is 28.0. The van der Waals surface area contributed by atoms with E-state index in [1.54, 1.807) is 72.8 Å². The van der Waals surface area contributed by atoms with E-state index in [0.29, 0.717) is 16.7 Å². The SMILES string of the molecule is CC(=O)C=C(O)c1ccccc1.CC(=O)C=C(O)c1ccccc1.CC(=O)C=C(O)c1ccccc1.[Fe+3]. The van der Waals surface area contributed by atoms with Crippen LogP contribution in [0.1, 0.15) is 37.5 Å². The molecule has 0 aromatic heterocycles. The number of carbonyl (C=O) groups is 3. The minimum atomic E-state index is -0.156. The molecule has 0 saturated carbocycles. The molecule has 0 fully saturated rings. The van der Waals surface area contributed by atoms with E-state index < -0.39 is 0 Å². The summed E-state index contributed by atoms with van der Waals surface area (Å²) in [6, 6.07) is 26.9. The van der Waals surface area contributed by atoms with E-state index in [-0.39, 0.29) is 51.7 Å². The minimum Gasteiger partial charge on any atom is -0.507 e. The van der Waals surface area contributed by atoms with Gasteiger partial charge in [0.2, 0.25) is 0 Å². The van der Waals surface area contributed by atoms with Gasteiger partial charge in [0, 0.05) is 34.9 Å². The summed E-state index contributed by atoms with van der Waals surface area (Å²) in [5.74, 6) is -0.418. The van der Waals surface area contributed by atoms with Gasteiger partial charge in [0.25, 0.3) is 0 Å². The van der Waals surface area contributed by atoms with Gasteiger partial charge in [-0.15, -0.1) is 0 Å². The molecule has 0 saturated heterocycles. The van der Waals surface area contributed by atoms with Crippen LogP contribution in [0.3, 0.4) is 0 Å². The van der Waals surface area contributed by atoms with Gasteiger partial charge in [0.1, 0.15) is 17.3 Å². The average Bonchev–Trinajstić information content (AvgIpc) is 2.85. The Morgan fingerprint density at radius 3 is 0.811 bits per heavy atom. The Morgan fingerprint density at radius 1 is 0.459 bits per heavy atom. The van der Waals surface area contributed by atoms with E-state index in [0.717, 1.165) is 0 Å². The van der Waals surface area contributed by atoms with Crippen LogP contribution in [0.25, 0.3) is 17.3 Å². The molecule has 3 rings (SSSR count). The molecule has 6 nitrogen and oxygen atoms in total. The average molecular weight is 542 g/mol. The van der Waals surface area contributed by atoms with Gasteiger partial charge in [0.05, 0.1) is 0 Å². The Morgan fingerprint density at radius 2 is 0.649 bits per heavy atom. The zero-order valence-electron chi connectivity index (χ0n) is 20.8. The fourth-order valence-corrected chi connectivity index (χ4v) is 2.65. The Kier molecular flexibility index (Phi) is 16.1. The molecule has 3 aromatic carbocycles. The molecule has 0 unspecified atom stereocenters. The van der Waals surface area contributed by atoms with Crippen LogP contribution in [0.5, 0.6) is 0 Å². The zero-order valence-corrected chi connectivity index (χ0v) is 21.9. The number of hydrogen-bond acceptors (Lipinski definition) is 6. The molecular weight excluding hydrogens is 512 g/mol. The van der Waals surface area contributed by atoms with E-state index in [4.69, 9.17) is 0 Å². The molecule has 3 N–H and O–H groups in total. The molecule has 3 aromatic rings. The van der Waals surface area contributed by atoms with Crippen molar-refractivity contribution in [3.63, 3.8) is 0 Å². The molecule has 1 radical (unpaired) electrons. The van der Waals surface area contributed by atoms with Crippen LogP contribution in [-0.2, 0) is 31.5 Å². The number of hydrogen-bond donors (Lipinski definition) is 3. The Labute approximate surface area is 227 Å². The maximum Gasteiger partial charge on any atom is 3.00 e. The van der Waals surface area contributed by atoms with Crippen molar-refractivity contribution in [1.82, 2.24) is 0 Å². The second-order valence-corrected chi connectivity index (χ2v) is 7.52. The third kappa shape index (κ3) is 14.7.